The lowest BCUT2D eigenvalue weighted by molar-refractivity contribution is -0.185. The summed E-state index contributed by atoms with van der Waals surface area (Å²) in [5.74, 6) is 0.253. The second kappa shape index (κ2) is 41.4. The normalized spacial score (nSPS) is 29.0. The summed E-state index contributed by atoms with van der Waals surface area (Å²) in [6, 6.07) is 12.4. The van der Waals surface area contributed by atoms with Gasteiger partial charge in [-0.25, -0.2) is 9.59 Å². The van der Waals surface area contributed by atoms with Crippen LogP contribution in [-0.4, -0.2) is 195 Å². The number of epoxide rings is 1. The third kappa shape index (κ3) is 23.3. The first-order valence-corrected chi connectivity index (χ1v) is 38.8. The molecule has 4 bridgehead atoms. The molecule has 24 nitrogen and oxygen atoms in total. The average Bonchev–Trinajstić information content (AvgIpc) is 1.35. The lowest BCUT2D eigenvalue weighted by Gasteiger charge is -2.58. The Hall–Kier alpha value is -7.13. The maximum atomic E-state index is 14.0. The van der Waals surface area contributed by atoms with Gasteiger partial charge in [0.15, 0.2) is 45.9 Å². The van der Waals surface area contributed by atoms with Gasteiger partial charge in [0.25, 0.3) is 5.97 Å². The number of carboxylic acids is 1. The number of methoxy groups -OCH3 is 2. The number of aliphatic hydroxyl groups is 1. The predicted molar refractivity (Wildman–Crippen MR) is 435 cm³/mol. The molecular weight excluding hydrogens is 1550 g/mol. The van der Waals surface area contributed by atoms with Crippen LogP contribution in [0.25, 0.3) is 0 Å². The number of carbonyl (C=O) groups excluding carboxylic acids is 7. The molecule has 7 N–H and O–H groups in total. The van der Waals surface area contributed by atoms with Crippen molar-refractivity contribution in [2.75, 3.05) is 65.1 Å². The average molecular weight is 1670 g/mol. The summed E-state index contributed by atoms with van der Waals surface area (Å²) in [4.78, 5) is 103. The lowest BCUT2D eigenvalue weighted by atomic mass is 9.47. The molecule has 0 radical (unpaired) electrons. The fourth-order valence-corrected chi connectivity index (χ4v) is 17.6. The minimum absolute atomic E-state index is 0. The van der Waals surface area contributed by atoms with E-state index in [0.717, 1.165) is 80.8 Å². The molecule has 4 fully saturated rings. The van der Waals surface area contributed by atoms with E-state index in [0.29, 0.717) is 72.0 Å². The van der Waals surface area contributed by atoms with Gasteiger partial charge in [-0.15, -0.1) is 48.0 Å². The number of nitrogens with zero attached hydrogens (tertiary/aromatic N) is 3. The third-order valence-electron chi connectivity index (χ3n) is 23.6. The van der Waals surface area contributed by atoms with Crippen molar-refractivity contribution in [3.8, 4) is 28.7 Å². The number of phenols is 4. The van der Waals surface area contributed by atoms with Crippen molar-refractivity contribution < 1.29 is 97.4 Å². The summed E-state index contributed by atoms with van der Waals surface area (Å²) >= 11 is 17.6. The molecular formula is C83H117Cl5N4O20. The van der Waals surface area contributed by atoms with Gasteiger partial charge < -0.3 is 73.8 Å². The van der Waals surface area contributed by atoms with Crippen LogP contribution < -0.4 is 15.0 Å². The first-order chi connectivity index (χ1) is 51.4. The SMILES string of the molecule is CC(=O)O.CC(=O)O[C@]1(C(C)=O)CC[C@H]2[C@@H]3C=C(C)C4=CC(=O)CC[C@]4(C)[C@H]3CC[C@@]21C.CN(CCCl)CCCl.COc1cc2cc(c1Cl)N(C)C(=O)C[C@H](OC(=O)[C@H](C)N(C)C(C)=O)[C@]1(C)O[C@H]1[C@H](C)[C@@H]1C[C@@](O)(NC(=O)O1)[C@H](OC)/C=C\C=C(\C)C2.C[C@H](Cc1ccc(O)c(O)c1)[C@@H](C)Cc1ccc(O)c(O)c1.Cl.Cl. The smallest absolute Gasteiger partial charge is 0.409 e. The Balaban J connectivity index is 0.000000349. The van der Waals surface area contributed by atoms with E-state index in [9.17, 15) is 59.1 Å². The van der Waals surface area contributed by atoms with Crippen LogP contribution in [0.3, 0.4) is 0 Å². The van der Waals surface area contributed by atoms with Crippen molar-refractivity contribution in [3.05, 3.63) is 117 Å². The first kappa shape index (κ1) is 97.2. The summed E-state index contributed by atoms with van der Waals surface area (Å²) in [5, 5.41) is 59.6. The van der Waals surface area contributed by atoms with E-state index < -0.39 is 77.2 Å². The number of ether oxygens (including phenoxy) is 6. The summed E-state index contributed by atoms with van der Waals surface area (Å²) in [5.41, 5.74) is 2.23. The molecule has 3 amide bonds. The zero-order chi connectivity index (χ0) is 82.5. The Labute approximate surface area is 686 Å². The molecule has 3 aromatic carbocycles. The Kier molecular flexibility index (Phi) is 36.0. The number of carboxylic acid groups (broad SMARTS) is 1. The van der Waals surface area contributed by atoms with E-state index in [4.69, 9.17) is 73.1 Å². The number of hydrogen-bond acceptors (Lipinski definition) is 20. The molecule has 3 aromatic rings. The number of amides is 3. The highest BCUT2D eigenvalue weighted by molar-refractivity contribution is 6.35. The third-order valence-corrected chi connectivity index (χ3v) is 24.3. The van der Waals surface area contributed by atoms with E-state index >= 15 is 0 Å². The van der Waals surface area contributed by atoms with E-state index in [1.807, 2.05) is 38.3 Å². The fourth-order valence-electron chi connectivity index (χ4n) is 16.7. The minimum atomic E-state index is -1.81. The lowest BCUT2D eigenvalue weighted by Crippen LogP contribution is -2.63. The number of alkyl halides is 2. The van der Waals surface area contributed by atoms with Gasteiger partial charge in [0.2, 0.25) is 11.8 Å². The largest absolute Gasteiger partial charge is 0.504 e. The van der Waals surface area contributed by atoms with Gasteiger partial charge in [-0.2, -0.15) is 0 Å². The van der Waals surface area contributed by atoms with Crippen LogP contribution in [0.5, 0.6) is 28.7 Å². The van der Waals surface area contributed by atoms with Crippen molar-refractivity contribution in [1.29, 1.82) is 0 Å². The number of fused-ring (bicyclic) bond motifs is 10. The highest BCUT2D eigenvalue weighted by Gasteiger charge is 2.68. The number of likely N-dealkylation sites (N-methyl/N-ethyl adjacent to an activating group) is 1. The number of rotatable bonds is 16. The number of esters is 2. The van der Waals surface area contributed by atoms with E-state index in [-0.39, 0.29) is 99.9 Å². The van der Waals surface area contributed by atoms with Crippen LogP contribution >= 0.6 is 59.6 Å². The molecule has 3 aliphatic heterocycles. The van der Waals surface area contributed by atoms with Gasteiger partial charge in [-0.1, -0.05) is 93.8 Å². The van der Waals surface area contributed by atoms with Crippen molar-refractivity contribution in [2.45, 2.75) is 208 Å². The van der Waals surface area contributed by atoms with Crippen LogP contribution in [0.1, 0.15) is 158 Å². The Morgan fingerprint density at radius 2 is 1.37 bits per heavy atom. The fraction of sp³-hybridized carbons (Fsp3) is 0.590. The van der Waals surface area contributed by atoms with Gasteiger partial charge in [-0.05, 0) is 193 Å². The Bertz CT molecular complexity index is 3900. The molecule has 2 saturated heterocycles. The number of nitrogens with one attached hydrogen (secondary N) is 1. The number of aromatic hydroxyl groups is 4. The zero-order valence-corrected chi connectivity index (χ0v) is 71.6. The van der Waals surface area contributed by atoms with Crippen LogP contribution in [-0.2, 0) is 76.5 Å². The monoisotopic (exact) mass is 1660 g/mol. The Morgan fingerprint density at radius 1 is 0.804 bits per heavy atom. The van der Waals surface area contributed by atoms with Gasteiger partial charge in [0, 0.05) is 91.0 Å². The number of phenolic OH excluding ortho intramolecular Hbond substituents is 4. The van der Waals surface area contributed by atoms with E-state index in [1.165, 1.54) is 75.1 Å². The molecule has 2 saturated carbocycles. The number of ketones is 2. The highest BCUT2D eigenvalue weighted by Crippen LogP contribution is 2.68. The number of carbonyl (C=O) groups is 8. The van der Waals surface area contributed by atoms with E-state index in [1.54, 1.807) is 64.2 Å². The number of halogens is 5. The van der Waals surface area contributed by atoms with E-state index in [2.05, 4.69) is 50.9 Å². The number of hydrogen-bond donors (Lipinski definition) is 7. The van der Waals surface area contributed by atoms with Crippen molar-refractivity contribution in [1.82, 2.24) is 15.1 Å². The van der Waals surface area contributed by atoms with Crippen molar-refractivity contribution in [3.63, 3.8) is 0 Å². The summed E-state index contributed by atoms with van der Waals surface area (Å²) in [6.45, 7) is 25.1. The highest BCUT2D eigenvalue weighted by atomic mass is 35.5. The van der Waals surface area contributed by atoms with Crippen molar-refractivity contribution >= 4 is 113 Å². The molecule has 3 heterocycles. The molecule has 0 spiro atoms. The molecule has 7 aliphatic rings. The van der Waals surface area contributed by atoms with Crippen molar-refractivity contribution in [2.24, 2.45) is 46.3 Å². The molecule has 0 aromatic heterocycles. The van der Waals surface area contributed by atoms with Crippen LogP contribution in [0.4, 0.5) is 10.5 Å². The van der Waals surface area contributed by atoms with Crippen LogP contribution in [0.15, 0.2) is 95.6 Å². The maximum absolute atomic E-state index is 14.0. The Morgan fingerprint density at radius 3 is 1.88 bits per heavy atom. The maximum Gasteiger partial charge on any atom is 0.409 e. The van der Waals surface area contributed by atoms with Gasteiger partial charge in [0.1, 0.15) is 40.7 Å². The van der Waals surface area contributed by atoms with Gasteiger partial charge in [-0.3, -0.25) is 34.1 Å². The number of benzene rings is 3. The molecule has 4 aliphatic carbocycles. The number of anilines is 1. The number of allylic oxidation sites excluding steroid dienone is 7. The minimum Gasteiger partial charge on any atom is -0.504 e. The van der Waals surface area contributed by atoms with Gasteiger partial charge in [0.05, 0.1) is 25.3 Å². The molecule has 0 unspecified atom stereocenters. The molecule has 112 heavy (non-hydrogen) atoms. The standard InChI is InChI=1S/C34H46ClN3O10.C24H32O4.C18H22O4.C5H11Cl2N.C2H4O2.2ClH/c1-18-11-10-12-26(45-9)34(43)17-25(46-32(42)36-34)19(2)30-33(5,48-30)27(47-31(41)20(3)37(6)21(4)39)16-28(40)38(7)23-14-22(13-18)15-24(44-8)29(23)35;1-14-12-18-19(22(4)9-6-17(27)13-21(14)22)7-10-23(5)20(18)8-11-24(23,15(2)25)28-16(3)26;1-11(7-13-3-5-15(19)17(21)9-13)12(2)8-14-4-6-16(20)18(22)10-14;1-8(4-2-6)5-3-7;1-2(3)4;;/h10-12,14-15,19-20,25-27,30,43H,13,16-17H2,1-9H3,(H,36,42);12-13,18-20H,6-11H2,1-5H3;3-6,9-12,19-22H,7-8H2,1-2H3;2-5H2,1H3;1H3,(H,3,4);2*1H/b12-10-,18-11-;;;;;;/t19-,20+,25+,26-,27+,30+,33+,34+;18-,19+,20+,22-,23+,24+;11-,12+;;;;/m11...../s1. The molecule has 10 rings (SSSR count). The summed E-state index contributed by atoms with van der Waals surface area (Å²) in [6.07, 6.45) is 11.8. The second-order valence-corrected chi connectivity index (χ2v) is 32.4. The number of Topliss-reactive ketones (excluding diaryl/α,β-unsaturated/α-hetero) is 1. The predicted octanol–water partition coefficient (Wildman–Crippen LogP) is 14.0. The summed E-state index contributed by atoms with van der Waals surface area (Å²) < 4.78 is 34.7. The molecule has 624 valence electrons. The van der Waals surface area contributed by atoms with Crippen LogP contribution in [0, 0.1) is 46.3 Å². The number of aliphatic carboxylic acids is 1. The molecule has 16 atom stereocenters. The van der Waals surface area contributed by atoms with Crippen LogP contribution in [0.2, 0.25) is 5.02 Å². The quantitative estimate of drug-likeness (QED) is 0.0230. The number of alkyl carbamates (subject to hydrolysis) is 1. The summed E-state index contributed by atoms with van der Waals surface area (Å²) in [7, 11) is 7.97. The zero-order valence-electron chi connectivity index (χ0n) is 67.7. The van der Waals surface area contributed by atoms with Gasteiger partial charge >= 0.3 is 18.0 Å². The first-order valence-electron chi connectivity index (χ1n) is 37.4. The molecule has 29 heteroatoms. The topological polar surface area (TPSA) is 338 Å². The second-order valence-electron chi connectivity index (χ2n) is 31.3.